The lowest BCUT2D eigenvalue weighted by Gasteiger charge is -2.24. The molecule has 140 valence electrons. The number of benzene rings is 1. The molecule has 1 aliphatic carbocycles. The maximum Gasteiger partial charge on any atom is 0.332 e. The number of nitrogens with one attached hydrogen (secondary N) is 1. The first-order valence-corrected chi connectivity index (χ1v) is 8.74. The summed E-state index contributed by atoms with van der Waals surface area (Å²) in [6.45, 7) is 3.89. The summed E-state index contributed by atoms with van der Waals surface area (Å²) in [5.41, 5.74) is 3.35. The number of carbonyl (C=O) groups is 3. The van der Waals surface area contributed by atoms with E-state index < -0.39 is 23.9 Å². The Labute approximate surface area is 153 Å². The minimum atomic E-state index is -1.05. The van der Waals surface area contributed by atoms with Crippen molar-refractivity contribution in [3.63, 3.8) is 0 Å². The molecule has 1 aromatic carbocycles. The number of esters is 1. The molecule has 1 aromatic rings. The van der Waals surface area contributed by atoms with Crippen molar-refractivity contribution in [2.75, 3.05) is 7.11 Å². The lowest BCUT2D eigenvalue weighted by Crippen LogP contribution is -2.33. The van der Waals surface area contributed by atoms with Gasteiger partial charge in [0.15, 0.2) is 0 Å². The quantitative estimate of drug-likeness (QED) is 0.762. The Hall–Kier alpha value is -2.63. The molecule has 0 aliphatic heterocycles. The zero-order valence-electron chi connectivity index (χ0n) is 15.4. The molecule has 0 saturated carbocycles. The Morgan fingerprint density at radius 3 is 2.42 bits per heavy atom. The lowest BCUT2D eigenvalue weighted by molar-refractivity contribution is -0.141. The number of carboxylic acids is 1. The van der Waals surface area contributed by atoms with Gasteiger partial charge in [-0.15, -0.1) is 0 Å². The van der Waals surface area contributed by atoms with E-state index in [1.165, 1.54) is 7.11 Å². The lowest BCUT2D eigenvalue weighted by atomic mass is 9.90. The van der Waals surface area contributed by atoms with Gasteiger partial charge in [-0.05, 0) is 56.2 Å². The fourth-order valence-electron chi connectivity index (χ4n) is 3.28. The molecule has 0 radical (unpaired) electrons. The van der Waals surface area contributed by atoms with E-state index in [1.807, 2.05) is 32.0 Å². The Kier molecular flexibility index (Phi) is 6.55. The van der Waals surface area contributed by atoms with Crippen LogP contribution < -0.4 is 5.32 Å². The van der Waals surface area contributed by atoms with Crippen molar-refractivity contribution in [1.29, 1.82) is 0 Å². The van der Waals surface area contributed by atoms with Crippen molar-refractivity contribution >= 4 is 17.8 Å². The van der Waals surface area contributed by atoms with Gasteiger partial charge >= 0.3 is 11.9 Å². The summed E-state index contributed by atoms with van der Waals surface area (Å²) in [6.07, 6.45) is 2.36. The van der Waals surface area contributed by atoms with Crippen LogP contribution in [0.2, 0.25) is 0 Å². The summed E-state index contributed by atoms with van der Waals surface area (Å²) in [4.78, 5) is 36.1. The number of amides is 1. The summed E-state index contributed by atoms with van der Waals surface area (Å²) in [5.74, 6) is -1.91. The van der Waals surface area contributed by atoms with Gasteiger partial charge < -0.3 is 15.2 Å². The monoisotopic (exact) mass is 359 g/mol. The van der Waals surface area contributed by atoms with Crippen LogP contribution in [0.15, 0.2) is 29.3 Å². The maximum absolute atomic E-state index is 12.8. The van der Waals surface area contributed by atoms with Gasteiger partial charge in [0.25, 0.3) is 0 Å². The van der Waals surface area contributed by atoms with Crippen LogP contribution in [-0.2, 0) is 19.1 Å². The highest BCUT2D eigenvalue weighted by Gasteiger charge is 2.27. The number of hydrogen-bond acceptors (Lipinski definition) is 4. The van der Waals surface area contributed by atoms with Crippen LogP contribution in [0, 0.1) is 13.8 Å². The molecule has 0 heterocycles. The first-order chi connectivity index (χ1) is 12.3. The topological polar surface area (TPSA) is 92.7 Å². The molecular formula is C20H25NO5. The van der Waals surface area contributed by atoms with E-state index in [1.54, 1.807) is 0 Å². The van der Waals surface area contributed by atoms with Gasteiger partial charge in [-0.25, -0.2) is 4.79 Å². The molecule has 0 spiro atoms. The molecule has 1 amide bonds. The summed E-state index contributed by atoms with van der Waals surface area (Å²) < 4.78 is 4.76. The fourth-order valence-corrected chi connectivity index (χ4v) is 3.28. The van der Waals surface area contributed by atoms with Gasteiger partial charge in [0.05, 0.1) is 19.6 Å². The third-order valence-electron chi connectivity index (χ3n) is 4.93. The second-order valence-corrected chi connectivity index (χ2v) is 6.56. The molecule has 6 nitrogen and oxygen atoms in total. The summed E-state index contributed by atoms with van der Waals surface area (Å²) in [7, 11) is 1.30. The number of methoxy groups -OCH3 is 1. The third-order valence-corrected chi connectivity index (χ3v) is 4.93. The van der Waals surface area contributed by atoms with Crippen molar-refractivity contribution in [1.82, 2.24) is 5.32 Å². The fraction of sp³-hybridized carbons (Fsp3) is 0.450. The molecule has 0 bridgehead atoms. The minimum absolute atomic E-state index is 0.0117. The van der Waals surface area contributed by atoms with E-state index in [-0.39, 0.29) is 12.0 Å². The van der Waals surface area contributed by atoms with E-state index >= 15 is 0 Å². The minimum Gasteiger partial charge on any atom is -0.478 e. The molecule has 1 unspecified atom stereocenters. The molecule has 0 aromatic heterocycles. The van der Waals surface area contributed by atoms with E-state index in [0.717, 1.165) is 29.5 Å². The second kappa shape index (κ2) is 8.65. The SMILES string of the molecule is COC(=O)CC(NC(=O)C1=C(C(=O)O)CCCC1)c1cccc(C)c1C. The summed E-state index contributed by atoms with van der Waals surface area (Å²) in [6, 6.07) is 5.13. The third kappa shape index (κ3) is 4.50. The van der Waals surface area contributed by atoms with E-state index in [0.29, 0.717) is 18.4 Å². The highest BCUT2D eigenvalue weighted by molar-refractivity contribution is 6.02. The number of carbonyl (C=O) groups excluding carboxylic acids is 2. The average Bonchev–Trinajstić information content (AvgIpc) is 2.63. The Bertz CT molecular complexity index is 751. The summed E-state index contributed by atoms with van der Waals surface area (Å²) >= 11 is 0. The van der Waals surface area contributed by atoms with Gasteiger partial charge in [-0.1, -0.05) is 18.2 Å². The Balaban J connectivity index is 2.34. The molecule has 1 aliphatic rings. The maximum atomic E-state index is 12.8. The number of aliphatic carboxylic acids is 1. The number of rotatable bonds is 6. The normalized spacial score (nSPS) is 15.3. The van der Waals surface area contributed by atoms with Crippen LogP contribution in [0.4, 0.5) is 0 Å². The molecule has 2 rings (SSSR count). The first-order valence-electron chi connectivity index (χ1n) is 8.74. The van der Waals surface area contributed by atoms with Crippen LogP contribution in [0.25, 0.3) is 0 Å². The van der Waals surface area contributed by atoms with Crippen LogP contribution in [-0.4, -0.2) is 30.1 Å². The first kappa shape index (κ1) is 19.7. The van der Waals surface area contributed by atoms with E-state index in [4.69, 9.17) is 4.74 Å². The molecular weight excluding hydrogens is 334 g/mol. The van der Waals surface area contributed by atoms with Gasteiger partial charge in [-0.3, -0.25) is 9.59 Å². The zero-order valence-corrected chi connectivity index (χ0v) is 15.4. The molecule has 26 heavy (non-hydrogen) atoms. The average molecular weight is 359 g/mol. The standard InChI is InChI=1S/C20H25NO5/c1-12-7-6-10-14(13(12)2)17(11-18(22)26-3)21-19(23)15-8-4-5-9-16(15)20(24)25/h6-7,10,17H,4-5,8-9,11H2,1-3H3,(H,21,23)(H,24,25). The van der Waals surface area contributed by atoms with Crippen LogP contribution in [0.1, 0.15) is 54.8 Å². The highest BCUT2D eigenvalue weighted by atomic mass is 16.5. The molecule has 6 heteroatoms. The smallest absolute Gasteiger partial charge is 0.332 e. The number of hydrogen-bond donors (Lipinski definition) is 2. The molecule has 0 fully saturated rings. The van der Waals surface area contributed by atoms with Crippen molar-refractivity contribution < 1.29 is 24.2 Å². The van der Waals surface area contributed by atoms with Crippen molar-refractivity contribution in [2.24, 2.45) is 0 Å². The van der Waals surface area contributed by atoms with Crippen molar-refractivity contribution in [3.8, 4) is 0 Å². The van der Waals surface area contributed by atoms with Crippen molar-refractivity contribution in [3.05, 3.63) is 46.0 Å². The number of ether oxygens (including phenoxy) is 1. The molecule has 0 saturated heterocycles. The largest absolute Gasteiger partial charge is 0.478 e. The van der Waals surface area contributed by atoms with Gasteiger partial charge in [0, 0.05) is 11.1 Å². The van der Waals surface area contributed by atoms with Crippen LogP contribution in [0.5, 0.6) is 0 Å². The molecule has 1 atom stereocenters. The number of aryl methyl sites for hydroxylation is 1. The number of carboxylic acid groups (broad SMARTS) is 1. The Morgan fingerprint density at radius 2 is 1.81 bits per heavy atom. The molecule has 2 N–H and O–H groups in total. The predicted octanol–water partition coefficient (Wildman–Crippen LogP) is 2.98. The second-order valence-electron chi connectivity index (χ2n) is 6.56. The zero-order chi connectivity index (χ0) is 19.3. The highest BCUT2D eigenvalue weighted by Crippen LogP contribution is 2.28. The predicted molar refractivity (Wildman–Crippen MR) is 96.6 cm³/mol. The van der Waals surface area contributed by atoms with Crippen LogP contribution in [0.3, 0.4) is 0 Å². The van der Waals surface area contributed by atoms with Crippen LogP contribution >= 0.6 is 0 Å². The van der Waals surface area contributed by atoms with Gasteiger partial charge in [0.2, 0.25) is 5.91 Å². The van der Waals surface area contributed by atoms with E-state index in [9.17, 15) is 19.5 Å². The van der Waals surface area contributed by atoms with E-state index in [2.05, 4.69) is 5.32 Å². The Morgan fingerprint density at radius 1 is 1.15 bits per heavy atom. The van der Waals surface area contributed by atoms with Gasteiger partial charge in [-0.2, -0.15) is 0 Å². The van der Waals surface area contributed by atoms with Gasteiger partial charge in [0.1, 0.15) is 0 Å². The van der Waals surface area contributed by atoms with Crippen molar-refractivity contribution in [2.45, 2.75) is 52.0 Å². The summed E-state index contributed by atoms with van der Waals surface area (Å²) in [5, 5.41) is 12.2.